The highest BCUT2D eigenvalue weighted by Crippen LogP contribution is 2.40. The van der Waals surface area contributed by atoms with E-state index < -0.39 is 0 Å². The molecule has 4 heteroatoms. The van der Waals surface area contributed by atoms with E-state index in [2.05, 4.69) is 40.3 Å². The molecule has 2 N–H and O–H groups in total. The lowest BCUT2D eigenvalue weighted by atomic mass is 10.1. The second-order valence-corrected chi connectivity index (χ2v) is 6.85. The first-order valence-corrected chi connectivity index (χ1v) is 8.73. The minimum atomic E-state index is -0.0799. The van der Waals surface area contributed by atoms with Crippen LogP contribution in [0.15, 0.2) is 60.0 Å². The summed E-state index contributed by atoms with van der Waals surface area (Å²) in [7, 11) is 0. The number of rotatable bonds is 4. The summed E-state index contributed by atoms with van der Waals surface area (Å²) in [5.41, 5.74) is 2.48. The number of hydrogen-bond donors (Lipinski definition) is 2. The van der Waals surface area contributed by atoms with Crippen molar-refractivity contribution in [3.63, 3.8) is 0 Å². The fourth-order valence-corrected chi connectivity index (χ4v) is 3.95. The van der Waals surface area contributed by atoms with Crippen LogP contribution in [-0.2, 0) is 6.54 Å². The lowest BCUT2D eigenvalue weighted by molar-refractivity contribution is 0.240. The van der Waals surface area contributed by atoms with Crippen LogP contribution >= 0.6 is 11.3 Å². The van der Waals surface area contributed by atoms with Crippen LogP contribution in [0.3, 0.4) is 0 Å². The van der Waals surface area contributed by atoms with Crippen molar-refractivity contribution >= 4 is 27.5 Å². The Bertz CT molecular complexity index is 828. The van der Waals surface area contributed by atoms with Crippen molar-refractivity contribution in [2.75, 3.05) is 0 Å². The van der Waals surface area contributed by atoms with E-state index in [4.69, 9.17) is 0 Å². The second-order valence-electron chi connectivity index (χ2n) is 5.94. The molecular weight excluding hydrogens is 304 g/mol. The smallest absolute Gasteiger partial charge is 0.315 e. The predicted molar refractivity (Wildman–Crippen MR) is 94.8 cm³/mol. The molecule has 1 saturated carbocycles. The van der Waals surface area contributed by atoms with Gasteiger partial charge in [-0.1, -0.05) is 48.5 Å². The molecule has 4 rings (SSSR count). The summed E-state index contributed by atoms with van der Waals surface area (Å²) in [5, 5.41) is 9.39. The van der Waals surface area contributed by atoms with Gasteiger partial charge < -0.3 is 10.6 Å². The molecule has 2 aromatic carbocycles. The number of thiophene rings is 1. The Hall–Kier alpha value is -2.33. The molecule has 1 fully saturated rings. The van der Waals surface area contributed by atoms with Gasteiger partial charge in [-0.2, -0.15) is 0 Å². The Morgan fingerprint density at radius 3 is 2.74 bits per heavy atom. The maximum absolute atomic E-state index is 12.1. The Kier molecular flexibility index (Phi) is 3.75. The summed E-state index contributed by atoms with van der Waals surface area (Å²) < 4.78 is 1.26. The van der Waals surface area contributed by atoms with E-state index in [0.29, 0.717) is 12.5 Å². The standard InChI is InChI=1S/C19H18N2OS/c22-19(21-17-10-16(17)13-6-2-1-3-7-13)20-11-14-12-23-18-9-5-4-8-15(14)18/h1-9,12,16-17H,10-11H2,(H2,20,21,22)/t16-,17+/m1/s1. The van der Waals surface area contributed by atoms with Gasteiger partial charge in [-0.05, 0) is 34.4 Å². The minimum Gasteiger partial charge on any atom is -0.335 e. The van der Waals surface area contributed by atoms with Crippen molar-refractivity contribution in [3.8, 4) is 0 Å². The van der Waals surface area contributed by atoms with Crippen LogP contribution in [0, 0.1) is 0 Å². The molecule has 1 aliphatic carbocycles. The van der Waals surface area contributed by atoms with E-state index in [1.54, 1.807) is 11.3 Å². The lowest BCUT2D eigenvalue weighted by Crippen LogP contribution is -2.36. The average Bonchev–Trinajstić information content (AvgIpc) is 3.23. The number of benzene rings is 2. The van der Waals surface area contributed by atoms with Gasteiger partial charge in [0.2, 0.25) is 0 Å². The van der Waals surface area contributed by atoms with Crippen LogP contribution in [-0.4, -0.2) is 12.1 Å². The molecule has 0 saturated heterocycles. The maximum Gasteiger partial charge on any atom is 0.315 e. The third kappa shape index (κ3) is 3.08. The van der Waals surface area contributed by atoms with E-state index >= 15 is 0 Å². The molecular formula is C19H18N2OS. The number of amides is 2. The van der Waals surface area contributed by atoms with Crippen molar-refractivity contribution in [2.45, 2.75) is 24.9 Å². The number of carbonyl (C=O) groups excluding carboxylic acids is 1. The first-order chi connectivity index (χ1) is 11.3. The van der Waals surface area contributed by atoms with Gasteiger partial charge in [0.05, 0.1) is 0 Å². The van der Waals surface area contributed by atoms with Crippen LogP contribution in [0.25, 0.3) is 10.1 Å². The molecule has 0 unspecified atom stereocenters. The number of urea groups is 1. The molecule has 0 spiro atoms. The largest absolute Gasteiger partial charge is 0.335 e. The number of fused-ring (bicyclic) bond motifs is 1. The highest BCUT2D eigenvalue weighted by Gasteiger charge is 2.39. The lowest BCUT2D eigenvalue weighted by Gasteiger charge is -2.07. The molecule has 1 aliphatic rings. The highest BCUT2D eigenvalue weighted by atomic mass is 32.1. The summed E-state index contributed by atoms with van der Waals surface area (Å²) >= 11 is 1.72. The van der Waals surface area contributed by atoms with Gasteiger partial charge >= 0.3 is 6.03 Å². The predicted octanol–water partition coefficient (Wildman–Crippen LogP) is 4.26. The Morgan fingerprint density at radius 2 is 1.87 bits per heavy atom. The van der Waals surface area contributed by atoms with Gasteiger partial charge in [0.1, 0.15) is 0 Å². The van der Waals surface area contributed by atoms with E-state index in [9.17, 15) is 4.79 Å². The van der Waals surface area contributed by atoms with Crippen molar-refractivity contribution in [2.24, 2.45) is 0 Å². The van der Waals surface area contributed by atoms with Gasteiger partial charge in [-0.15, -0.1) is 11.3 Å². The van der Waals surface area contributed by atoms with Crippen LogP contribution in [0.2, 0.25) is 0 Å². The van der Waals surface area contributed by atoms with Crippen LogP contribution in [0.5, 0.6) is 0 Å². The summed E-state index contributed by atoms with van der Waals surface area (Å²) in [5.74, 6) is 0.462. The number of carbonyl (C=O) groups is 1. The fourth-order valence-electron chi connectivity index (χ4n) is 2.99. The fraction of sp³-hybridized carbons (Fsp3) is 0.211. The van der Waals surface area contributed by atoms with Crippen molar-refractivity contribution in [1.29, 1.82) is 0 Å². The molecule has 0 aliphatic heterocycles. The van der Waals surface area contributed by atoms with Crippen LogP contribution in [0.4, 0.5) is 4.79 Å². The van der Waals surface area contributed by atoms with Gasteiger partial charge in [-0.3, -0.25) is 0 Å². The van der Waals surface area contributed by atoms with E-state index in [1.165, 1.54) is 21.2 Å². The number of hydrogen-bond acceptors (Lipinski definition) is 2. The van der Waals surface area contributed by atoms with Crippen LogP contribution in [0.1, 0.15) is 23.5 Å². The van der Waals surface area contributed by atoms with Gasteiger partial charge in [0.25, 0.3) is 0 Å². The topological polar surface area (TPSA) is 41.1 Å². The molecule has 1 aromatic heterocycles. The zero-order valence-corrected chi connectivity index (χ0v) is 13.5. The summed E-state index contributed by atoms with van der Waals surface area (Å²) in [6.07, 6.45) is 1.03. The first kappa shape index (κ1) is 14.3. The Labute approximate surface area is 139 Å². The maximum atomic E-state index is 12.1. The summed E-state index contributed by atoms with van der Waals surface area (Å²) in [6.45, 7) is 0.568. The van der Waals surface area contributed by atoms with Gasteiger partial charge in [0, 0.05) is 23.2 Å². The minimum absolute atomic E-state index is 0.0799. The second kappa shape index (κ2) is 6.05. The first-order valence-electron chi connectivity index (χ1n) is 7.85. The molecule has 2 atom stereocenters. The Morgan fingerprint density at radius 1 is 1.09 bits per heavy atom. The highest BCUT2D eigenvalue weighted by molar-refractivity contribution is 7.17. The molecule has 3 nitrogen and oxygen atoms in total. The van der Waals surface area contributed by atoms with Gasteiger partial charge in [-0.25, -0.2) is 4.79 Å². The number of nitrogens with one attached hydrogen (secondary N) is 2. The average molecular weight is 322 g/mol. The molecule has 0 bridgehead atoms. The molecule has 116 valence electrons. The zero-order chi connectivity index (χ0) is 15.6. The van der Waals surface area contributed by atoms with E-state index in [0.717, 1.165) is 6.42 Å². The molecule has 2 amide bonds. The van der Waals surface area contributed by atoms with Crippen molar-refractivity contribution < 1.29 is 4.79 Å². The Balaban J connectivity index is 1.31. The third-order valence-corrected chi connectivity index (χ3v) is 5.35. The molecule has 0 radical (unpaired) electrons. The van der Waals surface area contributed by atoms with E-state index in [1.807, 2.05) is 30.3 Å². The quantitative estimate of drug-likeness (QED) is 0.740. The summed E-state index contributed by atoms with van der Waals surface area (Å²) in [4.78, 5) is 12.1. The zero-order valence-electron chi connectivity index (χ0n) is 12.7. The van der Waals surface area contributed by atoms with Gasteiger partial charge in [0.15, 0.2) is 0 Å². The SMILES string of the molecule is O=C(NCc1csc2ccccc12)N[C@H]1C[C@@H]1c1ccccc1. The normalized spacial score (nSPS) is 19.5. The molecule has 3 aromatic rings. The van der Waals surface area contributed by atoms with Crippen molar-refractivity contribution in [1.82, 2.24) is 10.6 Å². The van der Waals surface area contributed by atoms with Crippen molar-refractivity contribution in [3.05, 3.63) is 71.1 Å². The molecule has 23 heavy (non-hydrogen) atoms. The molecule has 1 heterocycles. The van der Waals surface area contributed by atoms with E-state index in [-0.39, 0.29) is 12.1 Å². The monoisotopic (exact) mass is 322 g/mol. The van der Waals surface area contributed by atoms with Crippen LogP contribution < -0.4 is 10.6 Å². The third-order valence-electron chi connectivity index (χ3n) is 4.34. The summed E-state index contributed by atoms with van der Waals surface area (Å²) in [6, 6.07) is 18.8.